The van der Waals surface area contributed by atoms with Crippen LogP contribution < -0.4 is 5.32 Å². The number of nitrogens with one attached hydrogen (secondary N) is 1. The van der Waals surface area contributed by atoms with Crippen LogP contribution in [0.25, 0.3) is 0 Å². The van der Waals surface area contributed by atoms with Crippen molar-refractivity contribution in [1.29, 1.82) is 0 Å². The Morgan fingerprint density at radius 1 is 0.935 bits per heavy atom. The lowest BCUT2D eigenvalue weighted by molar-refractivity contribution is -0.133. The Bertz CT molecular complexity index is 1210. The standard InChI is InChI=1S/C37H57N5O2.C2H6/c1-36-18-5-4-8-26(36)13-15-29-30-16-14-27(37(30,2)19-17-31(29)36)9-6-12-33(43)42-22-20-41(21-23-42)25-28-10-7-11-32(39-28)35-38-24-34(44)40(35)3;1-2/h7,10-11,26-27,29-31,35,38H,4-6,8-9,12-25H2,1-3H3;1-2H3/t26?,27?,29-,30?,31?,35?,36?,37?;/m0./s1. The van der Waals surface area contributed by atoms with Crippen LogP contribution in [0.3, 0.4) is 0 Å². The van der Waals surface area contributed by atoms with E-state index in [0.717, 1.165) is 80.1 Å². The van der Waals surface area contributed by atoms with E-state index in [0.29, 0.717) is 29.7 Å². The number of carbonyl (C=O) groups is 2. The van der Waals surface area contributed by atoms with Gasteiger partial charge in [0.2, 0.25) is 11.8 Å². The van der Waals surface area contributed by atoms with Crippen molar-refractivity contribution in [3.63, 3.8) is 0 Å². The fourth-order valence-corrected chi connectivity index (χ4v) is 11.6. The first-order chi connectivity index (χ1) is 22.3. The minimum absolute atomic E-state index is 0.0998. The van der Waals surface area contributed by atoms with Gasteiger partial charge in [-0.05, 0) is 117 Å². The van der Waals surface area contributed by atoms with Crippen LogP contribution in [-0.2, 0) is 16.1 Å². The summed E-state index contributed by atoms with van der Waals surface area (Å²) >= 11 is 0. The minimum atomic E-state index is -0.148. The molecule has 256 valence electrons. The highest BCUT2D eigenvalue weighted by atomic mass is 16.2. The van der Waals surface area contributed by atoms with Crippen LogP contribution in [0.5, 0.6) is 0 Å². The molecule has 0 spiro atoms. The zero-order valence-electron chi connectivity index (χ0n) is 29.7. The highest BCUT2D eigenvalue weighted by Crippen LogP contribution is 2.67. The monoisotopic (exact) mass is 633 g/mol. The summed E-state index contributed by atoms with van der Waals surface area (Å²) in [5, 5.41) is 3.25. The van der Waals surface area contributed by atoms with Crippen molar-refractivity contribution in [2.75, 3.05) is 39.8 Å². The molecule has 8 atom stereocenters. The van der Waals surface area contributed by atoms with Gasteiger partial charge in [0.15, 0.2) is 0 Å². The highest BCUT2D eigenvalue weighted by molar-refractivity contribution is 5.80. The minimum Gasteiger partial charge on any atom is -0.340 e. The maximum atomic E-state index is 13.3. The largest absolute Gasteiger partial charge is 0.340 e. The van der Waals surface area contributed by atoms with Crippen LogP contribution in [0.15, 0.2) is 18.2 Å². The van der Waals surface area contributed by atoms with E-state index in [1.54, 1.807) is 4.90 Å². The quantitative estimate of drug-likeness (QED) is 0.349. The number of aromatic nitrogens is 1. The normalized spacial score (nSPS) is 37.6. The topological polar surface area (TPSA) is 68.8 Å². The fraction of sp³-hybridized carbons (Fsp3) is 0.821. The molecule has 1 aromatic rings. The SMILES string of the molecule is CC.CN1C(=O)CNC1c1cccc(CN2CCN(C(=O)CCCC3CCC4[C@@H]5CCC6CCCCC6(C)C5CCC34C)CC2)n1. The Labute approximate surface area is 279 Å². The van der Waals surface area contributed by atoms with E-state index in [1.807, 2.05) is 33.0 Å². The van der Waals surface area contributed by atoms with E-state index in [4.69, 9.17) is 4.98 Å². The molecule has 0 radical (unpaired) electrons. The van der Waals surface area contributed by atoms with Gasteiger partial charge in [0, 0.05) is 46.2 Å². The van der Waals surface area contributed by atoms with Crippen molar-refractivity contribution < 1.29 is 9.59 Å². The molecule has 2 amide bonds. The number of likely N-dealkylation sites (N-methyl/N-ethyl adjacent to an activating group) is 1. The van der Waals surface area contributed by atoms with Gasteiger partial charge in [-0.3, -0.25) is 24.8 Å². The molecule has 0 bridgehead atoms. The Morgan fingerprint density at radius 2 is 1.72 bits per heavy atom. The molecular formula is C39H63N5O2. The maximum absolute atomic E-state index is 13.3. The van der Waals surface area contributed by atoms with Gasteiger partial charge in [0.25, 0.3) is 0 Å². The van der Waals surface area contributed by atoms with Gasteiger partial charge in [-0.2, -0.15) is 0 Å². The number of piperazine rings is 1. The van der Waals surface area contributed by atoms with Gasteiger partial charge in [-0.25, -0.2) is 0 Å². The summed E-state index contributed by atoms with van der Waals surface area (Å²) in [5.41, 5.74) is 3.06. The first-order valence-electron chi connectivity index (χ1n) is 19.2. The Hall–Kier alpha value is -1.99. The average molecular weight is 634 g/mol. The molecule has 3 heterocycles. The molecule has 2 aliphatic heterocycles. The molecule has 2 saturated heterocycles. The van der Waals surface area contributed by atoms with Crippen LogP contribution in [-0.4, -0.2) is 71.3 Å². The molecule has 4 aliphatic carbocycles. The summed E-state index contributed by atoms with van der Waals surface area (Å²) in [7, 11) is 1.83. The zero-order valence-corrected chi connectivity index (χ0v) is 29.7. The molecule has 7 heteroatoms. The van der Waals surface area contributed by atoms with Crippen molar-refractivity contribution in [2.45, 2.75) is 124 Å². The van der Waals surface area contributed by atoms with Gasteiger partial charge in [-0.1, -0.05) is 46.6 Å². The molecule has 6 aliphatic rings. The molecule has 0 aromatic carbocycles. The van der Waals surface area contributed by atoms with E-state index < -0.39 is 0 Å². The predicted octanol–water partition coefficient (Wildman–Crippen LogP) is 7.03. The molecule has 46 heavy (non-hydrogen) atoms. The summed E-state index contributed by atoms with van der Waals surface area (Å²) < 4.78 is 0. The van der Waals surface area contributed by atoms with Gasteiger partial charge in [0.05, 0.1) is 17.9 Å². The number of hydrogen-bond donors (Lipinski definition) is 1. The van der Waals surface area contributed by atoms with Crippen LogP contribution in [0, 0.1) is 40.4 Å². The fourth-order valence-electron chi connectivity index (χ4n) is 11.6. The molecule has 6 fully saturated rings. The number of carbonyl (C=O) groups excluding carboxylic acids is 2. The predicted molar refractivity (Wildman–Crippen MR) is 185 cm³/mol. The second-order valence-corrected chi connectivity index (χ2v) is 16.1. The van der Waals surface area contributed by atoms with Crippen molar-refractivity contribution in [1.82, 2.24) is 25.0 Å². The molecule has 7 unspecified atom stereocenters. The van der Waals surface area contributed by atoms with E-state index in [2.05, 4.69) is 35.0 Å². The maximum Gasteiger partial charge on any atom is 0.237 e. The Kier molecular flexibility index (Phi) is 10.5. The Balaban J connectivity index is 0.00000182. The van der Waals surface area contributed by atoms with Gasteiger partial charge < -0.3 is 9.80 Å². The van der Waals surface area contributed by atoms with Crippen LogP contribution in [0.1, 0.15) is 129 Å². The smallest absolute Gasteiger partial charge is 0.237 e. The third kappa shape index (κ3) is 6.41. The lowest BCUT2D eigenvalue weighted by Gasteiger charge is -2.60. The average Bonchev–Trinajstić information content (AvgIpc) is 3.59. The highest BCUT2D eigenvalue weighted by Gasteiger charge is 2.59. The van der Waals surface area contributed by atoms with Gasteiger partial charge in [-0.15, -0.1) is 0 Å². The van der Waals surface area contributed by atoms with Crippen molar-refractivity contribution in [2.24, 2.45) is 40.4 Å². The number of nitrogens with zero attached hydrogens (tertiary/aromatic N) is 4. The summed E-state index contributed by atoms with van der Waals surface area (Å²) in [5.74, 6) is 5.16. The summed E-state index contributed by atoms with van der Waals surface area (Å²) in [6.45, 7) is 13.9. The van der Waals surface area contributed by atoms with E-state index in [-0.39, 0.29) is 12.1 Å². The third-order valence-corrected chi connectivity index (χ3v) is 14.2. The van der Waals surface area contributed by atoms with Gasteiger partial charge in [0.1, 0.15) is 6.17 Å². The first-order valence-corrected chi connectivity index (χ1v) is 19.2. The molecule has 1 N–H and O–H groups in total. The van der Waals surface area contributed by atoms with Crippen molar-refractivity contribution in [3.05, 3.63) is 29.6 Å². The van der Waals surface area contributed by atoms with E-state index >= 15 is 0 Å². The molecular weight excluding hydrogens is 570 g/mol. The Morgan fingerprint density at radius 3 is 2.48 bits per heavy atom. The molecule has 1 aromatic heterocycles. The molecule has 7 rings (SSSR count). The lowest BCUT2D eigenvalue weighted by atomic mass is 9.45. The number of fused-ring (bicyclic) bond motifs is 5. The lowest BCUT2D eigenvalue weighted by Crippen LogP contribution is -2.52. The number of rotatable bonds is 7. The number of amides is 2. The van der Waals surface area contributed by atoms with Crippen LogP contribution in [0.2, 0.25) is 0 Å². The van der Waals surface area contributed by atoms with E-state index in [1.165, 1.54) is 70.6 Å². The second kappa shape index (κ2) is 14.2. The third-order valence-electron chi connectivity index (χ3n) is 14.2. The summed E-state index contributed by atoms with van der Waals surface area (Å²) in [4.78, 5) is 36.3. The van der Waals surface area contributed by atoms with Crippen molar-refractivity contribution in [3.8, 4) is 0 Å². The second-order valence-electron chi connectivity index (χ2n) is 16.1. The van der Waals surface area contributed by atoms with Crippen LogP contribution >= 0.6 is 0 Å². The number of hydrogen-bond acceptors (Lipinski definition) is 5. The molecule has 7 nitrogen and oxygen atoms in total. The van der Waals surface area contributed by atoms with E-state index in [9.17, 15) is 9.59 Å². The summed E-state index contributed by atoms with van der Waals surface area (Å²) in [6, 6.07) is 6.10. The summed E-state index contributed by atoms with van der Waals surface area (Å²) in [6.07, 6.45) is 17.6. The zero-order chi connectivity index (χ0) is 32.5. The number of pyridine rings is 1. The van der Waals surface area contributed by atoms with Gasteiger partial charge >= 0.3 is 0 Å². The van der Waals surface area contributed by atoms with Crippen LogP contribution in [0.4, 0.5) is 0 Å². The molecule has 4 saturated carbocycles. The first kappa shape index (κ1) is 33.9. The van der Waals surface area contributed by atoms with Crippen molar-refractivity contribution >= 4 is 11.8 Å².